The molecule has 36 heavy (non-hydrogen) atoms. The number of rotatable bonds is 6. The van der Waals surface area contributed by atoms with Crippen LogP contribution in [0.3, 0.4) is 0 Å². The predicted octanol–water partition coefficient (Wildman–Crippen LogP) is 1.99. The first-order valence-corrected chi connectivity index (χ1v) is 10.8. The number of anilines is 1. The Balaban J connectivity index is 1.46. The van der Waals surface area contributed by atoms with E-state index < -0.39 is 24.8 Å². The molecule has 4 rings (SSSR count). The number of alkyl halides is 3. The first kappa shape index (κ1) is 25.0. The fraction of sp³-hybridized carbons (Fsp3) is 0.381. The number of nitrogens with zero attached hydrogens (tertiary/aromatic N) is 7. The minimum absolute atomic E-state index is 0.0196. The van der Waals surface area contributed by atoms with E-state index in [1.54, 1.807) is 25.1 Å². The predicted molar refractivity (Wildman–Crippen MR) is 117 cm³/mol. The third-order valence-corrected chi connectivity index (χ3v) is 5.34. The van der Waals surface area contributed by atoms with Crippen LogP contribution in [0.4, 0.5) is 23.8 Å². The lowest BCUT2D eigenvalue weighted by Gasteiger charge is -2.28. The molecule has 0 radical (unpaired) electrons. The van der Waals surface area contributed by atoms with Crippen molar-refractivity contribution in [1.82, 2.24) is 35.1 Å². The SMILES string of the molecule is C[C@H](CO)n1nnnc1-c1cccc(NC(=O)c2cc3c(cn2)CCN(C(=O)OCC(F)(F)F)C3)n1. The van der Waals surface area contributed by atoms with Crippen LogP contribution >= 0.6 is 0 Å². The maximum Gasteiger partial charge on any atom is 0.422 e. The zero-order chi connectivity index (χ0) is 25.9. The standard InChI is InChI=1S/C21H21F3N8O4/c1-12(10-33)32-18(28-29-30-32)15-3-2-4-17(26-15)27-19(34)16-7-14-9-31(6-5-13(14)8-25-16)20(35)36-11-21(22,23)24/h2-4,7-8,12,33H,5-6,9-11H2,1H3,(H,26,27,34)/t12-/m1/s1. The molecule has 2 N–H and O–H groups in total. The van der Waals surface area contributed by atoms with Gasteiger partial charge in [0.15, 0.2) is 6.61 Å². The average Bonchev–Trinajstić information content (AvgIpc) is 3.36. The molecule has 0 aliphatic carbocycles. The van der Waals surface area contributed by atoms with Gasteiger partial charge in [0.1, 0.15) is 17.2 Å². The summed E-state index contributed by atoms with van der Waals surface area (Å²) in [6.45, 7) is 0.0210. The lowest BCUT2D eigenvalue weighted by molar-refractivity contribution is -0.162. The fourth-order valence-corrected chi connectivity index (χ4v) is 3.50. The molecule has 0 spiro atoms. The monoisotopic (exact) mass is 506 g/mol. The van der Waals surface area contributed by atoms with E-state index in [0.29, 0.717) is 23.5 Å². The van der Waals surface area contributed by atoms with Gasteiger partial charge in [0.05, 0.1) is 12.6 Å². The molecule has 1 atom stereocenters. The number of halogens is 3. The lowest BCUT2D eigenvalue weighted by atomic mass is 10.0. The second-order valence-electron chi connectivity index (χ2n) is 8.02. The lowest BCUT2D eigenvalue weighted by Crippen LogP contribution is -2.38. The van der Waals surface area contributed by atoms with Crippen molar-refractivity contribution in [3.63, 3.8) is 0 Å². The molecule has 190 valence electrons. The quantitative estimate of drug-likeness (QED) is 0.512. The normalized spacial score (nSPS) is 14.2. The van der Waals surface area contributed by atoms with E-state index in [1.165, 1.54) is 16.9 Å². The number of amides is 2. The van der Waals surface area contributed by atoms with Crippen LogP contribution in [-0.4, -0.2) is 78.1 Å². The Morgan fingerprint density at radius 2 is 2.08 bits per heavy atom. The number of nitrogens with one attached hydrogen (secondary N) is 1. The van der Waals surface area contributed by atoms with Crippen molar-refractivity contribution < 1.29 is 32.6 Å². The Labute approximate surface area is 202 Å². The largest absolute Gasteiger partial charge is 0.440 e. The van der Waals surface area contributed by atoms with Crippen molar-refractivity contribution in [3.8, 4) is 11.5 Å². The molecule has 15 heteroatoms. The average molecular weight is 506 g/mol. The van der Waals surface area contributed by atoms with Gasteiger partial charge in [-0.2, -0.15) is 13.2 Å². The van der Waals surface area contributed by atoms with Crippen LogP contribution in [0, 0.1) is 0 Å². The second kappa shape index (κ2) is 10.2. The van der Waals surface area contributed by atoms with Gasteiger partial charge in [-0.05, 0) is 53.1 Å². The highest BCUT2D eigenvalue weighted by atomic mass is 19.4. The maximum atomic E-state index is 12.8. The molecule has 1 aliphatic rings. The minimum atomic E-state index is -4.62. The maximum absolute atomic E-state index is 12.8. The van der Waals surface area contributed by atoms with Crippen LogP contribution in [0.2, 0.25) is 0 Å². The van der Waals surface area contributed by atoms with Crippen LogP contribution in [0.5, 0.6) is 0 Å². The summed E-state index contributed by atoms with van der Waals surface area (Å²) in [4.78, 5) is 34.5. The molecule has 0 fully saturated rings. The van der Waals surface area contributed by atoms with E-state index in [1.807, 2.05) is 0 Å². The summed E-state index contributed by atoms with van der Waals surface area (Å²) in [5, 5.41) is 23.4. The van der Waals surface area contributed by atoms with Crippen LogP contribution < -0.4 is 5.32 Å². The first-order valence-electron chi connectivity index (χ1n) is 10.8. The number of aromatic nitrogens is 6. The van der Waals surface area contributed by atoms with Crippen molar-refractivity contribution in [2.24, 2.45) is 0 Å². The molecule has 0 saturated heterocycles. The van der Waals surface area contributed by atoms with Crippen molar-refractivity contribution in [1.29, 1.82) is 0 Å². The molecule has 0 unspecified atom stereocenters. The molecular weight excluding hydrogens is 485 g/mol. The van der Waals surface area contributed by atoms with Crippen molar-refractivity contribution in [3.05, 3.63) is 47.3 Å². The highest BCUT2D eigenvalue weighted by Gasteiger charge is 2.32. The summed E-state index contributed by atoms with van der Waals surface area (Å²) in [5.41, 5.74) is 1.75. The number of ether oxygens (including phenoxy) is 1. The first-order chi connectivity index (χ1) is 17.1. The smallest absolute Gasteiger partial charge is 0.422 e. The van der Waals surface area contributed by atoms with E-state index >= 15 is 0 Å². The van der Waals surface area contributed by atoms with Gasteiger partial charge >= 0.3 is 12.3 Å². The number of carbonyl (C=O) groups is 2. The number of aliphatic hydroxyl groups is 1. The summed E-state index contributed by atoms with van der Waals surface area (Å²) in [6, 6.07) is 5.93. The molecule has 3 aromatic rings. The molecule has 0 saturated carbocycles. The summed E-state index contributed by atoms with van der Waals surface area (Å²) in [7, 11) is 0. The van der Waals surface area contributed by atoms with E-state index in [4.69, 9.17) is 0 Å². The van der Waals surface area contributed by atoms with Gasteiger partial charge in [0, 0.05) is 19.3 Å². The van der Waals surface area contributed by atoms with Gasteiger partial charge in [-0.25, -0.2) is 14.5 Å². The summed E-state index contributed by atoms with van der Waals surface area (Å²) in [6.07, 6.45) is -3.85. The van der Waals surface area contributed by atoms with Gasteiger partial charge in [-0.15, -0.1) is 5.10 Å². The Morgan fingerprint density at radius 1 is 1.28 bits per heavy atom. The highest BCUT2D eigenvalue weighted by Crippen LogP contribution is 2.22. The Bertz CT molecular complexity index is 1270. The van der Waals surface area contributed by atoms with Gasteiger partial charge in [-0.3, -0.25) is 9.78 Å². The molecule has 3 aromatic heterocycles. The highest BCUT2D eigenvalue weighted by molar-refractivity contribution is 6.02. The van der Waals surface area contributed by atoms with Crippen molar-refractivity contribution in [2.45, 2.75) is 32.1 Å². The Hall–Kier alpha value is -4.14. The third-order valence-electron chi connectivity index (χ3n) is 5.34. The van der Waals surface area contributed by atoms with Gasteiger partial charge < -0.3 is 20.1 Å². The van der Waals surface area contributed by atoms with E-state index in [0.717, 1.165) is 10.5 Å². The zero-order valence-electron chi connectivity index (χ0n) is 18.9. The van der Waals surface area contributed by atoms with E-state index in [2.05, 4.69) is 35.5 Å². The van der Waals surface area contributed by atoms with E-state index in [9.17, 15) is 27.9 Å². The minimum Gasteiger partial charge on any atom is -0.440 e. The van der Waals surface area contributed by atoms with Crippen LogP contribution in [0.1, 0.15) is 34.6 Å². The van der Waals surface area contributed by atoms with Crippen molar-refractivity contribution >= 4 is 17.8 Å². The van der Waals surface area contributed by atoms with Gasteiger partial charge in [-0.1, -0.05) is 6.07 Å². The van der Waals surface area contributed by atoms with E-state index in [-0.39, 0.29) is 37.3 Å². The molecular formula is C21H21F3N8O4. The summed E-state index contributed by atoms with van der Waals surface area (Å²) < 4.78 is 42.8. The van der Waals surface area contributed by atoms with Crippen LogP contribution in [-0.2, 0) is 17.7 Å². The molecule has 12 nitrogen and oxygen atoms in total. The molecule has 1 aliphatic heterocycles. The molecule has 2 amide bonds. The number of fused-ring (bicyclic) bond motifs is 1. The summed E-state index contributed by atoms with van der Waals surface area (Å²) in [5.74, 6) is -0.0832. The topological polar surface area (TPSA) is 148 Å². The van der Waals surface area contributed by atoms with Crippen LogP contribution in [0.15, 0.2) is 30.5 Å². The molecule has 0 aromatic carbocycles. The zero-order valence-corrected chi connectivity index (χ0v) is 18.9. The number of tetrazole rings is 1. The number of hydrogen-bond donors (Lipinski definition) is 2. The van der Waals surface area contributed by atoms with Gasteiger partial charge in [0.25, 0.3) is 5.91 Å². The number of hydrogen-bond acceptors (Lipinski definition) is 9. The Morgan fingerprint density at radius 3 is 2.83 bits per heavy atom. The fourth-order valence-electron chi connectivity index (χ4n) is 3.50. The summed E-state index contributed by atoms with van der Waals surface area (Å²) >= 11 is 0. The second-order valence-corrected chi connectivity index (χ2v) is 8.02. The number of aliphatic hydroxyl groups excluding tert-OH is 1. The molecule has 4 heterocycles. The number of pyridine rings is 2. The molecule has 0 bridgehead atoms. The van der Waals surface area contributed by atoms with Crippen molar-refractivity contribution in [2.75, 3.05) is 25.1 Å². The van der Waals surface area contributed by atoms with Gasteiger partial charge in [0.2, 0.25) is 5.82 Å². The Kier molecular flexibility index (Phi) is 7.10. The van der Waals surface area contributed by atoms with Crippen LogP contribution in [0.25, 0.3) is 11.5 Å². The third kappa shape index (κ3) is 5.73. The number of carbonyl (C=O) groups excluding carboxylic acids is 2.